The summed E-state index contributed by atoms with van der Waals surface area (Å²) in [5.74, 6) is -1.77. The number of esters is 1. The number of benzene rings is 2. The van der Waals surface area contributed by atoms with Crippen LogP contribution in [-0.4, -0.2) is 36.5 Å². The van der Waals surface area contributed by atoms with Crippen LogP contribution in [0.1, 0.15) is 15.9 Å². The summed E-state index contributed by atoms with van der Waals surface area (Å²) in [7, 11) is 1.17. The van der Waals surface area contributed by atoms with Gasteiger partial charge in [0.05, 0.1) is 12.6 Å². The first kappa shape index (κ1) is 21.9. The third-order valence-corrected chi connectivity index (χ3v) is 4.36. The average Bonchev–Trinajstić information content (AvgIpc) is 2.74. The van der Waals surface area contributed by atoms with E-state index in [4.69, 9.17) is 0 Å². The Kier molecular flexibility index (Phi) is 6.28. The van der Waals surface area contributed by atoms with Crippen molar-refractivity contribution in [3.05, 3.63) is 76.1 Å². The van der Waals surface area contributed by atoms with Crippen molar-refractivity contribution < 1.29 is 32.2 Å². The van der Waals surface area contributed by atoms with Gasteiger partial charge in [-0.3, -0.25) is 14.4 Å². The highest BCUT2D eigenvalue weighted by molar-refractivity contribution is 5.98. The summed E-state index contributed by atoms with van der Waals surface area (Å²) >= 11 is 0. The summed E-state index contributed by atoms with van der Waals surface area (Å²) in [5, 5.41) is 2.61. The van der Waals surface area contributed by atoms with Crippen LogP contribution in [0.2, 0.25) is 0 Å². The second-order valence-electron chi connectivity index (χ2n) is 6.47. The Bertz CT molecular complexity index is 1170. The Labute approximate surface area is 174 Å². The van der Waals surface area contributed by atoms with Crippen molar-refractivity contribution in [2.75, 3.05) is 13.7 Å². The zero-order chi connectivity index (χ0) is 22.6. The molecule has 1 aromatic heterocycles. The van der Waals surface area contributed by atoms with E-state index in [0.717, 1.165) is 0 Å². The topological polar surface area (TPSA) is 86.6 Å². The van der Waals surface area contributed by atoms with Gasteiger partial charge in [0.25, 0.3) is 5.91 Å². The predicted octanol–water partition coefficient (Wildman–Crippen LogP) is 2.85. The number of nitrogens with one attached hydrogen (secondary N) is 1. The summed E-state index contributed by atoms with van der Waals surface area (Å²) in [4.78, 5) is 36.5. The number of aromatic nitrogens is 1. The molecule has 0 aliphatic carbocycles. The van der Waals surface area contributed by atoms with E-state index in [1.807, 2.05) is 0 Å². The van der Waals surface area contributed by atoms with Gasteiger partial charge in [-0.25, -0.2) is 0 Å². The quantitative estimate of drug-likeness (QED) is 0.603. The van der Waals surface area contributed by atoms with Crippen LogP contribution in [0, 0.1) is 0 Å². The van der Waals surface area contributed by atoms with Crippen LogP contribution in [0.3, 0.4) is 0 Å². The zero-order valence-corrected chi connectivity index (χ0v) is 16.2. The predicted molar refractivity (Wildman–Crippen MR) is 105 cm³/mol. The Morgan fingerprint density at radius 3 is 2.39 bits per heavy atom. The van der Waals surface area contributed by atoms with Crippen LogP contribution in [-0.2, 0) is 16.1 Å². The molecule has 1 amide bonds. The molecule has 0 atom stereocenters. The number of fused-ring (bicyclic) bond motifs is 1. The number of carbonyl (C=O) groups is 2. The molecular weight excluding hydrogens is 417 g/mol. The minimum Gasteiger partial charge on any atom is -0.468 e. The van der Waals surface area contributed by atoms with Crippen LogP contribution in [0.4, 0.5) is 13.2 Å². The van der Waals surface area contributed by atoms with Gasteiger partial charge < -0.3 is 19.4 Å². The van der Waals surface area contributed by atoms with Gasteiger partial charge in [0, 0.05) is 18.1 Å². The molecule has 0 spiro atoms. The van der Waals surface area contributed by atoms with Gasteiger partial charge in [-0.2, -0.15) is 0 Å². The first-order valence-electron chi connectivity index (χ1n) is 9.00. The van der Waals surface area contributed by atoms with Crippen LogP contribution in [0.15, 0.2) is 59.5 Å². The molecule has 162 valence electrons. The van der Waals surface area contributed by atoms with E-state index in [1.165, 1.54) is 37.6 Å². The SMILES string of the molecule is COC(=O)CNC(=O)c1cn(Cc2ccc(OC(F)(F)F)cc2)c2ccccc2c1=O. The van der Waals surface area contributed by atoms with Gasteiger partial charge in [-0.05, 0) is 29.8 Å². The molecule has 1 heterocycles. The molecule has 0 bridgehead atoms. The van der Waals surface area contributed by atoms with Crippen LogP contribution in [0.25, 0.3) is 10.9 Å². The molecule has 7 nitrogen and oxygen atoms in total. The lowest BCUT2D eigenvalue weighted by Crippen LogP contribution is -2.34. The fraction of sp³-hybridized carbons (Fsp3) is 0.190. The number of ether oxygens (including phenoxy) is 2. The second kappa shape index (κ2) is 8.90. The van der Waals surface area contributed by atoms with Gasteiger partial charge >= 0.3 is 12.3 Å². The summed E-state index contributed by atoms with van der Waals surface area (Å²) in [6.45, 7) is -0.230. The van der Waals surface area contributed by atoms with Crippen molar-refractivity contribution >= 4 is 22.8 Å². The van der Waals surface area contributed by atoms with Crippen molar-refractivity contribution in [2.24, 2.45) is 0 Å². The third kappa shape index (κ3) is 5.41. The molecule has 1 N–H and O–H groups in total. The Morgan fingerprint density at radius 2 is 1.74 bits per heavy atom. The van der Waals surface area contributed by atoms with E-state index in [0.29, 0.717) is 11.1 Å². The van der Waals surface area contributed by atoms with E-state index in [2.05, 4.69) is 14.8 Å². The maximum absolute atomic E-state index is 12.8. The number of hydrogen-bond acceptors (Lipinski definition) is 5. The van der Waals surface area contributed by atoms with Gasteiger partial charge in [0.1, 0.15) is 17.9 Å². The van der Waals surface area contributed by atoms with E-state index < -0.39 is 30.2 Å². The van der Waals surface area contributed by atoms with E-state index in [9.17, 15) is 27.6 Å². The summed E-state index contributed by atoms with van der Waals surface area (Å²) in [6.07, 6.45) is -3.44. The largest absolute Gasteiger partial charge is 0.573 e. The van der Waals surface area contributed by atoms with Crippen molar-refractivity contribution in [1.82, 2.24) is 9.88 Å². The number of para-hydroxylation sites is 1. The van der Waals surface area contributed by atoms with E-state index >= 15 is 0 Å². The van der Waals surface area contributed by atoms with Gasteiger partial charge in [0.15, 0.2) is 0 Å². The van der Waals surface area contributed by atoms with Crippen LogP contribution < -0.4 is 15.5 Å². The highest BCUT2D eigenvalue weighted by atomic mass is 19.4. The summed E-state index contributed by atoms with van der Waals surface area (Å²) < 4.78 is 47.0. The maximum atomic E-state index is 12.8. The molecule has 3 aromatic rings. The lowest BCUT2D eigenvalue weighted by molar-refractivity contribution is -0.274. The third-order valence-electron chi connectivity index (χ3n) is 4.36. The number of methoxy groups -OCH3 is 1. The Hall–Kier alpha value is -3.82. The van der Waals surface area contributed by atoms with Crippen molar-refractivity contribution in [2.45, 2.75) is 12.9 Å². The van der Waals surface area contributed by atoms with Gasteiger partial charge in [0.2, 0.25) is 5.43 Å². The normalized spacial score (nSPS) is 11.2. The number of nitrogens with zero attached hydrogens (tertiary/aromatic N) is 1. The minimum absolute atomic E-state index is 0.171. The molecule has 0 radical (unpaired) electrons. The van der Waals surface area contributed by atoms with Crippen molar-refractivity contribution in [3.8, 4) is 5.75 Å². The monoisotopic (exact) mass is 434 g/mol. The molecule has 0 saturated carbocycles. The molecule has 0 saturated heterocycles. The minimum atomic E-state index is -4.79. The number of halogens is 3. The first-order valence-corrected chi connectivity index (χ1v) is 9.00. The molecule has 0 fully saturated rings. The lowest BCUT2D eigenvalue weighted by Gasteiger charge is -2.14. The molecule has 0 aliphatic rings. The van der Waals surface area contributed by atoms with Gasteiger partial charge in [-0.15, -0.1) is 13.2 Å². The molecule has 0 aliphatic heterocycles. The summed E-state index contributed by atoms with van der Waals surface area (Å²) in [5.41, 5.74) is 0.458. The molecule has 0 unspecified atom stereocenters. The number of rotatable bonds is 6. The molecule has 3 rings (SSSR count). The Balaban J connectivity index is 1.94. The molecule has 31 heavy (non-hydrogen) atoms. The fourth-order valence-corrected chi connectivity index (χ4v) is 2.95. The van der Waals surface area contributed by atoms with E-state index in [-0.39, 0.29) is 23.2 Å². The smallest absolute Gasteiger partial charge is 0.468 e. The zero-order valence-electron chi connectivity index (χ0n) is 16.2. The number of pyridine rings is 1. The number of alkyl halides is 3. The molecule has 10 heteroatoms. The van der Waals surface area contributed by atoms with Crippen molar-refractivity contribution in [1.29, 1.82) is 0 Å². The maximum Gasteiger partial charge on any atom is 0.573 e. The second-order valence-corrected chi connectivity index (χ2v) is 6.47. The summed E-state index contributed by atoms with van der Waals surface area (Å²) in [6, 6.07) is 11.9. The molecule has 2 aromatic carbocycles. The average molecular weight is 434 g/mol. The fourth-order valence-electron chi connectivity index (χ4n) is 2.95. The van der Waals surface area contributed by atoms with E-state index in [1.54, 1.807) is 28.8 Å². The van der Waals surface area contributed by atoms with Gasteiger partial charge in [-0.1, -0.05) is 24.3 Å². The van der Waals surface area contributed by atoms with Crippen LogP contribution >= 0.6 is 0 Å². The highest BCUT2D eigenvalue weighted by Gasteiger charge is 2.31. The van der Waals surface area contributed by atoms with Crippen molar-refractivity contribution in [3.63, 3.8) is 0 Å². The molecular formula is C21H17F3N2O5. The number of hydrogen-bond donors (Lipinski definition) is 1. The first-order chi connectivity index (χ1) is 14.7. The number of carbonyl (C=O) groups excluding carboxylic acids is 2. The lowest BCUT2D eigenvalue weighted by atomic mass is 10.1. The van der Waals surface area contributed by atoms with Crippen LogP contribution in [0.5, 0.6) is 5.75 Å². The Morgan fingerprint density at radius 1 is 1.06 bits per heavy atom. The standard InChI is InChI=1S/C21H17F3N2O5/c1-30-18(27)10-25-20(29)16-12-26(17-5-3-2-4-15(17)19(16)28)11-13-6-8-14(9-7-13)31-21(22,23)24/h2-9,12H,10-11H2,1H3,(H,25,29). The number of amides is 1. The highest BCUT2D eigenvalue weighted by Crippen LogP contribution is 2.23.